The van der Waals surface area contributed by atoms with Gasteiger partial charge in [0, 0.05) is 5.38 Å². The van der Waals surface area contributed by atoms with Crippen molar-refractivity contribution in [3.05, 3.63) is 39.3 Å². The number of aryl methyl sites for hydroxylation is 2. The molecule has 1 fully saturated rings. The van der Waals surface area contributed by atoms with Crippen molar-refractivity contribution >= 4 is 30.0 Å². The fourth-order valence-electron chi connectivity index (χ4n) is 3.48. The average molecular weight is 419 g/mol. The third kappa shape index (κ3) is 4.07. The van der Waals surface area contributed by atoms with Gasteiger partial charge in [-0.05, 0) is 25.0 Å². The third-order valence-corrected chi connectivity index (χ3v) is 5.83. The molecular formula is C18H20BN2O7S-. The van der Waals surface area contributed by atoms with Crippen LogP contribution in [0.15, 0.2) is 17.5 Å². The van der Waals surface area contributed by atoms with E-state index in [0.29, 0.717) is 25.1 Å². The van der Waals surface area contributed by atoms with Crippen LogP contribution < -0.4 is 9.39 Å². The minimum Gasteiger partial charge on any atom is -0.669 e. The number of carbonyl (C=O) groups excluding carboxylic acids is 1. The van der Waals surface area contributed by atoms with Gasteiger partial charge in [-0.3, -0.25) is 4.79 Å². The largest absolute Gasteiger partial charge is 0.669 e. The number of rotatable bonds is 5. The zero-order valence-corrected chi connectivity index (χ0v) is 16.5. The first-order chi connectivity index (χ1) is 13.7. The minimum atomic E-state index is -3.09. The van der Waals surface area contributed by atoms with Gasteiger partial charge in [-0.25, -0.2) is 9.78 Å². The molecule has 1 saturated heterocycles. The van der Waals surface area contributed by atoms with Gasteiger partial charge in [0.1, 0.15) is 17.4 Å². The standard InChI is InChI=1S/C18H20BN2O7S/c1-10-20-12(9-29-10)6-15(22)21-7-13(8-21)27-14-3-2-11-4-5-19(25,26)28-17(11)16(14)18(23)24/h2-3,9,13,25-26H,4-8H2,1H3,(H,23,24)/q-1. The number of fused-ring (bicyclic) bond motifs is 1. The van der Waals surface area contributed by atoms with E-state index in [1.165, 1.54) is 11.3 Å². The van der Waals surface area contributed by atoms with Gasteiger partial charge in [0.05, 0.1) is 36.0 Å². The van der Waals surface area contributed by atoms with Gasteiger partial charge in [-0.15, -0.1) is 11.3 Å². The topological polar surface area (TPSA) is 129 Å². The maximum atomic E-state index is 12.3. The Morgan fingerprint density at radius 2 is 2.14 bits per heavy atom. The van der Waals surface area contributed by atoms with Crippen LogP contribution in [0.5, 0.6) is 11.5 Å². The molecule has 29 heavy (non-hydrogen) atoms. The van der Waals surface area contributed by atoms with Gasteiger partial charge in [0.15, 0.2) is 0 Å². The van der Waals surface area contributed by atoms with Gasteiger partial charge >= 0.3 is 12.7 Å². The van der Waals surface area contributed by atoms with E-state index in [4.69, 9.17) is 9.39 Å². The molecular weight excluding hydrogens is 399 g/mol. The summed E-state index contributed by atoms with van der Waals surface area (Å²) in [4.78, 5) is 30.0. The van der Waals surface area contributed by atoms with Crippen molar-refractivity contribution in [3.8, 4) is 11.5 Å². The highest BCUT2D eigenvalue weighted by Gasteiger charge is 2.36. The van der Waals surface area contributed by atoms with Crippen molar-refractivity contribution in [1.82, 2.24) is 9.88 Å². The fourth-order valence-corrected chi connectivity index (χ4v) is 4.10. The molecule has 0 radical (unpaired) electrons. The number of nitrogens with zero attached hydrogens (tertiary/aromatic N) is 2. The fraction of sp³-hybridized carbons (Fsp3) is 0.389. The van der Waals surface area contributed by atoms with E-state index in [2.05, 4.69) is 4.98 Å². The molecule has 0 spiro atoms. The van der Waals surface area contributed by atoms with Gasteiger partial charge in [0.2, 0.25) is 5.91 Å². The summed E-state index contributed by atoms with van der Waals surface area (Å²) in [6.45, 7) is -0.526. The SMILES string of the molecule is Cc1nc(CC(=O)N2CC(Oc3ccc4c(c3C(=O)O)O[B-](O)(O)CC4)C2)cs1. The summed E-state index contributed by atoms with van der Waals surface area (Å²) in [6, 6.07) is 3.21. The first kappa shape index (κ1) is 19.7. The molecule has 0 saturated carbocycles. The van der Waals surface area contributed by atoms with Crippen LogP contribution in [-0.4, -0.2) is 62.9 Å². The molecule has 9 nitrogen and oxygen atoms in total. The second-order valence-electron chi connectivity index (χ2n) is 7.32. The second-order valence-corrected chi connectivity index (χ2v) is 8.38. The number of hydrogen-bond acceptors (Lipinski definition) is 8. The van der Waals surface area contributed by atoms with Crippen LogP contribution in [0.4, 0.5) is 0 Å². The van der Waals surface area contributed by atoms with Gasteiger partial charge in [0.25, 0.3) is 0 Å². The van der Waals surface area contributed by atoms with Crippen molar-refractivity contribution in [3.63, 3.8) is 0 Å². The van der Waals surface area contributed by atoms with Crippen molar-refractivity contribution in [2.24, 2.45) is 0 Å². The molecule has 11 heteroatoms. The number of carbonyl (C=O) groups is 2. The smallest absolute Gasteiger partial charge is 0.430 e. The van der Waals surface area contributed by atoms with Crippen LogP contribution in [0.3, 0.4) is 0 Å². The molecule has 0 aliphatic carbocycles. The maximum absolute atomic E-state index is 12.3. The first-order valence-electron chi connectivity index (χ1n) is 9.26. The Labute approximate surface area is 170 Å². The summed E-state index contributed by atoms with van der Waals surface area (Å²) in [5.41, 5.74) is 1.08. The molecule has 2 aromatic rings. The van der Waals surface area contributed by atoms with E-state index in [0.717, 1.165) is 10.7 Å². The summed E-state index contributed by atoms with van der Waals surface area (Å²) in [6.07, 6.45) is 0.172. The molecule has 2 aliphatic heterocycles. The summed E-state index contributed by atoms with van der Waals surface area (Å²) in [7, 11) is 0. The summed E-state index contributed by atoms with van der Waals surface area (Å²) in [5, 5.41) is 32.0. The van der Waals surface area contributed by atoms with Crippen molar-refractivity contribution in [2.45, 2.75) is 32.2 Å². The van der Waals surface area contributed by atoms with Crippen molar-refractivity contribution < 1.29 is 34.1 Å². The lowest BCUT2D eigenvalue weighted by molar-refractivity contribution is -0.139. The Kier molecular flexibility index (Phi) is 4.97. The molecule has 0 bridgehead atoms. The van der Waals surface area contributed by atoms with Gasteiger partial charge in [-0.1, -0.05) is 12.4 Å². The monoisotopic (exact) mass is 419 g/mol. The van der Waals surface area contributed by atoms with E-state index < -0.39 is 12.7 Å². The second kappa shape index (κ2) is 7.32. The Balaban J connectivity index is 1.43. The normalized spacial score (nSPS) is 17.8. The van der Waals surface area contributed by atoms with E-state index >= 15 is 0 Å². The molecule has 3 N–H and O–H groups in total. The first-order valence-corrected chi connectivity index (χ1v) is 10.1. The van der Waals surface area contributed by atoms with Crippen molar-refractivity contribution in [2.75, 3.05) is 13.1 Å². The molecule has 0 unspecified atom stereocenters. The predicted molar refractivity (Wildman–Crippen MR) is 104 cm³/mol. The molecule has 154 valence electrons. The van der Waals surface area contributed by atoms with Crippen LogP contribution in [0.2, 0.25) is 6.32 Å². The number of carboxylic acid groups (broad SMARTS) is 1. The van der Waals surface area contributed by atoms with Crippen molar-refractivity contribution in [1.29, 1.82) is 0 Å². The number of hydrogen-bond donors (Lipinski definition) is 3. The Bertz CT molecular complexity index is 971. The van der Waals surface area contributed by atoms with Crippen LogP contribution in [0, 0.1) is 6.92 Å². The number of likely N-dealkylation sites (tertiary alicyclic amines) is 1. The number of aromatic nitrogens is 1. The number of carboxylic acids is 1. The zero-order valence-electron chi connectivity index (χ0n) is 15.7. The van der Waals surface area contributed by atoms with E-state index in [-0.39, 0.29) is 41.8 Å². The third-order valence-electron chi connectivity index (χ3n) is 5.00. The molecule has 1 amide bonds. The highest BCUT2D eigenvalue weighted by molar-refractivity contribution is 7.09. The summed E-state index contributed by atoms with van der Waals surface area (Å²) >= 11 is 1.49. The molecule has 0 atom stereocenters. The molecule has 2 aliphatic rings. The number of thiazole rings is 1. The maximum Gasteiger partial charge on any atom is 0.430 e. The highest BCUT2D eigenvalue weighted by atomic mass is 32.1. The molecule has 1 aromatic carbocycles. The lowest BCUT2D eigenvalue weighted by Gasteiger charge is -2.40. The molecule has 3 heterocycles. The average Bonchev–Trinajstić information content (AvgIpc) is 3.00. The minimum absolute atomic E-state index is 0.00444. The quantitative estimate of drug-likeness (QED) is 0.608. The lowest BCUT2D eigenvalue weighted by atomic mass is 9.70. The number of ether oxygens (including phenoxy) is 1. The van der Waals surface area contributed by atoms with Crippen LogP contribution in [-0.2, 0) is 17.6 Å². The Morgan fingerprint density at radius 1 is 1.38 bits per heavy atom. The zero-order chi connectivity index (χ0) is 20.8. The molecule has 1 aromatic heterocycles. The molecule has 4 rings (SSSR count). The van der Waals surface area contributed by atoms with Crippen LogP contribution in [0.1, 0.15) is 26.6 Å². The van der Waals surface area contributed by atoms with Crippen LogP contribution in [0.25, 0.3) is 0 Å². The summed E-state index contributed by atoms with van der Waals surface area (Å²) < 4.78 is 10.9. The van der Waals surface area contributed by atoms with E-state index in [9.17, 15) is 24.7 Å². The van der Waals surface area contributed by atoms with Gasteiger partial charge < -0.3 is 29.4 Å². The highest BCUT2D eigenvalue weighted by Crippen LogP contribution is 2.39. The Hall–Kier alpha value is -2.63. The van der Waals surface area contributed by atoms with E-state index in [1.807, 2.05) is 12.3 Å². The lowest BCUT2D eigenvalue weighted by Crippen LogP contribution is -2.56. The number of benzene rings is 1. The number of aromatic carboxylic acids is 1. The summed E-state index contributed by atoms with van der Waals surface area (Å²) in [5.74, 6) is -1.33. The van der Waals surface area contributed by atoms with Crippen LogP contribution >= 0.6 is 11.3 Å². The van der Waals surface area contributed by atoms with E-state index in [1.54, 1.807) is 17.0 Å². The number of amides is 1. The Morgan fingerprint density at radius 3 is 2.79 bits per heavy atom. The van der Waals surface area contributed by atoms with Gasteiger partial charge in [-0.2, -0.15) is 0 Å². The predicted octanol–water partition coefficient (Wildman–Crippen LogP) is 0.840.